The van der Waals surface area contributed by atoms with Crippen molar-refractivity contribution in [2.75, 3.05) is 0 Å². The standard InChI is InChI=1S/C19H20O4/c20-10-12-8-14(22)9-17-15-2-1-3-16(15)18(23-19(12)17)11-4-6-13(21)7-5-11/h4-9,15-16,18,20-22H,1-3,10H2/t15-,16?,18?/m1/s1. The van der Waals surface area contributed by atoms with Crippen molar-refractivity contribution in [2.24, 2.45) is 5.92 Å². The Hall–Kier alpha value is -2.20. The third-order valence-electron chi connectivity index (χ3n) is 5.17. The first-order valence-electron chi connectivity index (χ1n) is 8.09. The number of rotatable bonds is 2. The summed E-state index contributed by atoms with van der Waals surface area (Å²) in [6, 6.07) is 10.5. The molecule has 0 bridgehead atoms. The number of hydrogen-bond acceptors (Lipinski definition) is 4. The molecule has 3 N–H and O–H groups in total. The minimum atomic E-state index is -0.156. The second-order valence-corrected chi connectivity index (χ2v) is 6.51. The van der Waals surface area contributed by atoms with Crippen molar-refractivity contribution in [3.8, 4) is 17.2 Å². The molecule has 1 fully saturated rings. The van der Waals surface area contributed by atoms with Crippen LogP contribution in [0.5, 0.6) is 17.2 Å². The van der Waals surface area contributed by atoms with Crippen molar-refractivity contribution >= 4 is 0 Å². The summed E-state index contributed by atoms with van der Waals surface area (Å²) in [5.74, 6) is 1.85. The first-order valence-corrected chi connectivity index (χ1v) is 8.09. The molecule has 23 heavy (non-hydrogen) atoms. The van der Waals surface area contributed by atoms with E-state index in [1.807, 2.05) is 12.1 Å². The van der Waals surface area contributed by atoms with E-state index < -0.39 is 0 Å². The molecule has 3 atom stereocenters. The predicted molar refractivity (Wildman–Crippen MR) is 85.6 cm³/mol. The van der Waals surface area contributed by atoms with Crippen molar-refractivity contribution in [3.05, 3.63) is 53.1 Å². The number of aliphatic hydroxyl groups is 1. The van der Waals surface area contributed by atoms with Crippen LogP contribution in [-0.4, -0.2) is 15.3 Å². The molecule has 120 valence electrons. The van der Waals surface area contributed by atoms with Crippen LogP contribution in [0.15, 0.2) is 36.4 Å². The predicted octanol–water partition coefficient (Wildman–Crippen LogP) is 3.61. The molecular weight excluding hydrogens is 292 g/mol. The van der Waals surface area contributed by atoms with Crippen LogP contribution in [0.2, 0.25) is 0 Å². The molecule has 4 heteroatoms. The normalized spacial score (nSPS) is 25.5. The molecule has 0 aromatic heterocycles. The molecule has 1 saturated carbocycles. The summed E-state index contributed by atoms with van der Waals surface area (Å²) in [5.41, 5.74) is 2.70. The number of ether oxygens (including phenoxy) is 1. The number of phenolic OH excluding ortho intramolecular Hbond substituents is 2. The zero-order valence-corrected chi connectivity index (χ0v) is 12.8. The molecule has 2 aliphatic rings. The fourth-order valence-electron chi connectivity index (χ4n) is 4.16. The van der Waals surface area contributed by atoms with Crippen LogP contribution in [0.3, 0.4) is 0 Å². The van der Waals surface area contributed by atoms with Gasteiger partial charge in [0.15, 0.2) is 0 Å². The Labute approximate surface area is 135 Å². The van der Waals surface area contributed by atoms with Crippen LogP contribution in [0.4, 0.5) is 0 Å². The van der Waals surface area contributed by atoms with Gasteiger partial charge in [-0.05, 0) is 48.6 Å². The molecular formula is C19H20O4. The van der Waals surface area contributed by atoms with Crippen LogP contribution in [-0.2, 0) is 6.61 Å². The van der Waals surface area contributed by atoms with Crippen molar-refractivity contribution in [1.29, 1.82) is 0 Å². The Bertz CT molecular complexity index is 723. The van der Waals surface area contributed by atoms with E-state index in [1.54, 1.807) is 24.3 Å². The van der Waals surface area contributed by atoms with E-state index in [1.165, 1.54) is 0 Å². The van der Waals surface area contributed by atoms with E-state index in [0.29, 0.717) is 23.1 Å². The first kappa shape index (κ1) is 14.4. The van der Waals surface area contributed by atoms with Gasteiger partial charge in [-0.2, -0.15) is 0 Å². The minimum Gasteiger partial charge on any atom is -0.508 e. The maximum absolute atomic E-state index is 9.94. The van der Waals surface area contributed by atoms with Gasteiger partial charge < -0.3 is 20.1 Å². The summed E-state index contributed by atoms with van der Waals surface area (Å²) < 4.78 is 6.30. The number of benzene rings is 2. The fraction of sp³-hybridized carbons (Fsp3) is 0.368. The Balaban J connectivity index is 1.81. The van der Waals surface area contributed by atoms with Gasteiger partial charge in [-0.25, -0.2) is 0 Å². The molecule has 0 radical (unpaired) electrons. The number of fused-ring (bicyclic) bond motifs is 3. The summed E-state index contributed by atoms with van der Waals surface area (Å²) in [7, 11) is 0. The molecule has 1 aliphatic carbocycles. The molecule has 2 unspecified atom stereocenters. The second-order valence-electron chi connectivity index (χ2n) is 6.51. The lowest BCUT2D eigenvalue weighted by Crippen LogP contribution is -2.27. The maximum atomic E-state index is 9.94. The largest absolute Gasteiger partial charge is 0.508 e. The second kappa shape index (κ2) is 5.46. The monoisotopic (exact) mass is 312 g/mol. The molecule has 2 aromatic rings. The van der Waals surface area contributed by atoms with Gasteiger partial charge in [-0.3, -0.25) is 0 Å². The Morgan fingerprint density at radius 2 is 1.78 bits per heavy atom. The highest BCUT2D eigenvalue weighted by atomic mass is 16.5. The third kappa shape index (κ3) is 2.34. The maximum Gasteiger partial charge on any atom is 0.129 e. The van der Waals surface area contributed by atoms with Crippen molar-refractivity contribution in [3.63, 3.8) is 0 Å². The Morgan fingerprint density at radius 3 is 2.52 bits per heavy atom. The van der Waals surface area contributed by atoms with Crippen LogP contribution in [0.25, 0.3) is 0 Å². The summed E-state index contributed by atoms with van der Waals surface area (Å²) in [6.07, 6.45) is 3.21. The van der Waals surface area contributed by atoms with Gasteiger partial charge >= 0.3 is 0 Å². The Kier molecular flexibility index (Phi) is 3.42. The number of aromatic hydroxyl groups is 2. The summed E-state index contributed by atoms with van der Waals surface area (Å²) in [5, 5.41) is 29.1. The van der Waals surface area contributed by atoms with Crippen LogP contribution < -0.4 is 4.74 Å². The number of hydrogen-bond donors (Lipinski definition) is 3. The molecule has 1 aliphatic heterocycles. The zero-order chi connectivity index (χ0) is 16.0. The van der Waals surface area contributed by atoms with Crippen LogP contribution in [0.1, 0.15) is 48.0 Å². The average molecular weight is 312 g/mol. The lowest BCUT2D eigenvalue weighted by molar-refractivity contribution is 0.0999. The lowest BCUT2D eigenvalue weighted by atomic mass is 9.79. The third-order valence-corrected chi connectivity index (χ3v) is 5.17. The van der Waals surface area contributed by atoms with Crippen LogP contribution in [0, 0.1) is 5.92 Å². The highest BCUT2D eigenvalue weighted by Crippen LogP contribution is 2.55. The zero-order valence-electron chi connectivity index (χ0n) is 12.8. The van der Waals surface area contributed by atoms with Gasteiger partial charge in [0.05, 0.1) is 6.61 Å². The van der Waals surface area contributed by atoms with E-state index in [0.717, 1.165) is 30.4 Å². The van der Waals surface area contributed by atoms with E-state index in [2.05, 4.69) is 0 Å². The average Bonchev–Trinajstić information content (AvgIpc) is 3.04. The van der Waals surface area contributed by atoms with E-state index >= 15 is 0 Å². The quantitative estimate of drug-likeness (QED) is 0.792. The van der Waals surface area contributed by atoms with Crippen molar-refractivity contribution in [2.45, 2.75) is 37.9 Å². The summed E-state index contributed by atoms with van der Waals surface area (Å²) in [6.45, 7) is -0.156. The molecule has 1 heterocycles. The first-order chi connectivity index (χ1) is 11.2. The topological polar surface area (TPSA) is 69.9 Å². The molecule has 4 rings (SSSR count). The SMILES string of the molecule is OCc1cc(O)cc2c1OC(c1ccc(O)cc1)C1CCC[C@@H]21. The molecule has 4 nitrogen and oxygen atoms in total. The summed E-state index contributed by atoms with van der Waals surface area (Å²) in [4.78, 5) is 0. The highest BCUT2D eigenvalue weighted by Gasteiger charge is 2.42. The van der Waals surface area contributed by atoms with Gasteiger partial charge in [-0.1, -0.05) is 18.6 Å². The fourth-order valence-corrected chi connectivity index (χ4v) is 4.16. The van der Waals surface area contributed by atoms with Gasteiger partial charge in [0.1, 0.15) is 23.4 Å². The molecule has 0 saturated heterocycles. The smallest absolute Gasteiger partial charge is 0.129 e. The van der Waals surface area contributed by atoms with Gasteiger partial charge in [-0.15, -0.1) is 0 Å². The molecule has 2 aromatic carbocycles. The van der Waals surface area contributed by atoms with E-state index in [9.17, 15) is 15.3 Å². The highest BCUT2D eigenvalue weighted by molar-refractivity contribution is 5.51. The summed E-state index contributed by atoms with van der Waals surface area (Å²) >= 11 is 0. The van der Waals surface area contributed by atoms with E-state index in [-0.39, 0.29) is 24.2 Å². The number of phenols is 2. The lowest BCUT2D eigenvalue weighted by Gasteiger charge is -2.37. The van der Waals surface area contributed by atoms with Crippen molar-refractivity contribution < 1.29 is 20.1 Å². The van der Waals surface area contributed by atoms with Crippen LogP contribution >= 0.6 is 0 Å². The molecule has 0 spiro atoms. The minimum absolute atomic E-state index is 0.0783. The Morgan fingerprint density at radius 1 is 1.00 bits per heavy atom. The van der Waals surface area contributed by atoms with Crippen molar-refractivity contribution in [1.82, 2.24) is 0 Å². The molecule has 0 amide bonds. The van der Waals surface area contributed by atoms with E-state index in [4.69, 9.17) is 4.74 Å². The van der Waals surface area contributed by atoms with Gasteiger partial charge in [0.2, 0.25) is 0 Å². The van der Waals surface area contributed by atoms with Gasteiger partial charge in [0, 0.05) is 17.0 Å². The number of aliphatic hydroxyl groups excluding tert-OH is 1. The van der Waals surface area contributed by atoms with Gasteiger partial charge in [0.25, 0.3) is 0 Å².